The monoisotopic (exact) mass is 266 g/mol. The van der Waals surface area contributed by atoms with Crippen molar-refractivity contribution in [3.05, 3.63) is 0 Å². The van der Waals surface area contributed by atoms with Crippen molar-refractivity contribution in [2.75, 3.05) is 0 Å². The van der Waals surface area contributed by atoms with Gasteiger partial charge in [0.1, 0.15) is 6.10 Å². The highest BCUT2D eigenvalue weighted by atomic mass is 16.5. The lowest BCUT2D eigenvalue weighted by Crippen LogP contribution is -2.43. The van der Waals surface area contributed by atoms with E-state index in [0.29, 0.717) is 11.3 Å². The van der Waals surface area contributed by atoms with E-state index in [2.05, 4.69) is 20.8 Å². The number of esters is 1. The molecule has 0 aromatic rings. The standard InChI is InChI=1S/C17H30O2/c1-5-7-12(2)14-9-10-15-16(19-13(3)18)8-6-11-17(14,15)4/h12,14-16H,5-11H2,1-4H3/t12?,14?,15?,16-,17+/m0/s1. The third-order valence-corrected chi connectivity index (χ3v) is 5.88. The Morgan fingerprint density at radius 1 is 1.37 bits per heavy atom. The fourth-order valence-corrected chi connectivity index (χ4v) is 5.11. The summed E-state index contributed by atoms with van der Waals surface area (Å²) in [4.78, 5) is 11.3. The SMILES string of the molecule is CCCC(C)C1CCC2[C@@H](OC(C)=O)CCC[C@]12C. The zero-order valence-electron chi connectivity index (χ0n) is 13.1. The highest BCUT2D eigenvalue weighted by Crippen LogP contribution is 2.58. The molecule has 2 rings (SSSR count). The molecule has 2 saturated carbocycles. The lowest BCUT2D eigenvalue weighted by Gasteiger charge is -2.46. The van der Waals surface area contributed by atoms with Crippen LogP contribution in [0.15, 0.2) is 0 Å². The summed E-state index contributed by atoms with van der Waals surface area (Å²) in [5.74, 6) is 2.15. The fourth-order valence-electron chi connectivity index (χ4n) is 5.11. The molecule has 2 aliphatic carbocycles. The van der Waals surface area contributed by atoms with Crippen LogP contribution in [0.3, 0.4) is 0 Å². The Morgan fingerprint density at radius 2 is 2.11 bits per heavy atom. The second-order valence-corrected chi connectivity index (χ2v) is 7.10. The summed E-state index contributed by atoms with van der Waals surface area (Å²) in [6, 6.07) is 0. The van der Waals surface area contributed by atoms with Gasteiger partial charge >= 0.3 is 5.97 Å². The minimum absolute atomic E-state index is 0.0979. The van der Waals surface area contributed by atoms with Crippen LogP contribution in [0.1, 0.15) is 72.6 Å². The van der Waals surface area contributed by atoms with Crippen LogP contribution in [-0.2, 0) is 9.53 Å². The molecule has 0 heterocycles. The number of hydrogen-bond acceptors (Lipinski definition) is 2. The fraction of sp³-hybridized carbons (Fsp3) is 0.941. The van der Waals surface area contributed by atoms with Gasteiger partial charge in [-0.05, 0) is 49.4 Å². The summed E-state index contributed by atoms with van der Waals surface area (Å²) >= 11 is 0. The topological polar surface area (TPSA) is 26.3 Å². The molecule has 110 valence electrons. The van der Waals surface area contributed by atoms with Crippen LogP contribution in [0.4, 0.5) is 0 Å². The van der Waals surface area contributed by atoms with Gasteiger partial charge in [-0.1, -0.05) is 33.6 Å². The first kappa shape index (κ1) is 14.9. The molecule has 3 unspecified atom stereocenters. The molecule has 0 spiro atoms. The summed E-state index contributed by atoms with van der Waals surface area (Å²) in [5.41, 5.74) is 0.410. The molecular weight excluding hydrogens is 236 g/mol. The van der Waals surface area contributed by atoms with Crippen LogP contribution in [0.5, 0.6) is 0 Å². The van der Waals surface area contributed by atoms with Crippen molar-refractivity contribution in [2.24, 2.45) is 23.2 Å². The van der Waals surface area contributed by atoms with Gasteiger partial charge in [-0.15, -0.1) is 0 Å². The van der Waals surface area contributed by atoms with E-state index < -0.39 is 0 Å². The summed E-state index contributed by atoms with van der Waals surface area (Å²) in [6.07, 6.45) is 9.03. The van der Waals surface area contributed by atoms with E-state index in [1.807, 2.05) is 0 Å². The van der Waals surface area contributed by atoms with Gasteiger partial charge in [0, 0.05) is 12.8 Å². The van der Waals surface area contributed by atoms with E-state index in [1.165, 1.54) is 38.5 Å². The second kappa shape index (κ2) is 5.85. The van der Waals surface area contributed by atoms with Gasteiger partial charge in [0.15, 0.2) is 0 Å². The van der Waals surface area contributed by atoms with Crippen molar-refractivity contribution in [3.8, 4) is 0 Å². The van der Waals surface area contributed by atoms with Gasteiger partial charge in [0.25, 0.3) is 0 Å². The van der Waals surface area contributed by atoms with Crippen LogP contribution in [-0.4, -0.2) is 12.1 Å². The first-order valence-electron chi connectivity index (χ1n) is 8.16. The Balaban J connectivity index is 2.11. The molecule has 0 aromatic heterocycles. The molecule has 0 bridgehead atoms. The molecule has 2 aliphatic rings. The molecule has 0 amide bonds. The van der Waals surface area contributed by atoms with Crippen LogP contribution >= 0.6 is 0 Å². The number of fused-ring (bicyclic) bond motifs is 1. The lowest BCUT2D eigenvalue weighted by atomic mass is 9.61. The van der Waals surface area contributed by atoms with Crippen molar-refractivity contribution in [2.45, 2.75) is 78.7 Å². The molecule has 5 atom stereocenters. The molecular formula is C17H30O2. The molecule has 2 fully saturated rings. The Kier molecular flexibility index (Phi) is 4.58. The van der Waals surface area contributed by atoms with E-state index in [-0.39, 0.29) is 12.1 Å². The van der Waals surface area contributed by atoms with E-state index in [1.54, 1.807) is 6.92 Å². The smallest absolute Gasteiger partial charge is 0.302 e. The lowest BCUT2D eigenvalue weighted by molar-refractivity contribution is -0.155. The number of rotatable bonds is 4. The molecule has 19 heavy (non-hydrogen) atoms. The van der Waals surface area contributed by atoms with Crippen molar-refractivity contribution in [1.82, 2.24) is 0 Å². The minimum atomic E-state index is -0.0979. The number of hydrogen-bond donors (Lipinski definition) is 0. The number of ether oxygens (including phenoxy) is 1. The van der Waals surface area contributed by atoms with Crippen LogP contribution in [0.2, 0.25) is 0 Å². The van der Waals surface area contributed by atoms with Gasteiger partial charge in [-0.3, -0.25) is 4.79 Å². The quantitative estimate of drug-likeness (QED) is 0.697. The molecule has 0 radical (unpaired) electrons. The average molecular weight is 266 g/mol. The van der Waals surface area contributed by atoms with Crippen molar-refractivity contribution in [3.63, 3.8) is 0 Å². The summed E-state index contributed by atoms with van der Waals surface area (Å²) in [7, 11) is 0. The third kappa shape index (κ3) is 2.83. The normalized spacial score (nSPS) is 39.7. The third-order valence-electron chi connectivity index (χ3n) is 5.88. The molecule has 0 N–H and O–H groups in total. The van der Waals surface area contributed by atoms with E-state index in [4.69, 9.17) is 4.74 Å². The van der Waals surface area contributed by atoms with E-state index in [0.717, 1.165) is 18.3 Å². The van der Waals surface area contributed by atoms with E-state index in [9.17, 15) is 4.79 Å². The predicted molar refractivity (Wildman–Crippen MR) is 77.8 cm³/mol. The van der Waals surface area contributed by atoms with Gasteiger partial charge in [-0.25, -0.2) is 0 Å². The first-order valence-corrected chi connectivity index (χ1v) is 8.16. The average Bonchev–Trinajstić information content (AvgIpc) is 2.67. The van der Waals surface area contributed by atoms with Gasteiger partial charge in [-0.2, -0.15) is 0 Å². The molecule has 0 aromatic carbocycles. The maximum atomic E-state index is 11.3. The largest absolute Gasteiger partial charge is 0.462 e. The van der Waals surface area contributed by atoms with Crippen molar-refractivity contribution < 1.29 is 9.53 Å². The summed E-state index contributed by atoms with van der Waals surface area (Å²) in [6.45, 7) is 8.74. The Labute approximate surface area is 118 Å². The number of carbonyl (C=O) groups excluding carboxylic acids is 1. The van der Waals surface area contributed by atoms with Gasteiger partial charge in [0.2, 0.25) is 0 Å². The summed E-state index contributed by atoms with van der Waals surface area (Å²) in [5, 5.41) is 0. The molecule has 2 heteroatoms. The van der Waals surface area contributed by atoms with Gasteiger partial charge < -0.3 is 4.74 Å². The molecule has 2 nitrogen and oxygen atoms in total. The Morgan fingerprint density at radius 3 is 2.74 bits per heavy atom. The van der Waals surface area contributed by atoms with Crippen molar-refractivity contribution >= 4 is 5.97 Å². The van der Waals surface area contributed by atoms with Crippen LogP contribution in [0, 0.1) is 23.2 Å². The molecule has 0 aliphatic heterocycles. The minimum Gasteiger partial charge on any atom is -0.462 e. The molecule has 0 saturated heterocycles. The predicted octanol–water partition coefficient (Wildman–Crippen LogP) is 4.57. The Hall–Kier alpha value is -0.530. The zero-order chi connectivity index (χ0) is 14.0. The van der Waals surface area contributed by atoms with Crippen LogP contribution < -0.4 is 0 Å². The van der Waals surface area contributed by atoms with E-state index >= 15 is 0 Å². The van der Waals surface area contributed by atoms with Gasteiger partial charge in [0.05, 0.1) is 0 Å². The number of carbonyl (C=O) groups is 1. The first-order chi connectivity index (χ1) is 8.99. The maximum absolute atomic E-state index is 11.3. The Bertz CT molecular complexity index is 325. The highest BCUT2D eigenvalue weighted by molar-refractivity contribution is 5.66. The van der Waals surface area contributed by atoms with Crippen molar-refractivity contribution in [1.29, 1.82) is 0 Å². The van der Waals surface area contributed by atoms with Crippen LogP contribution in [0.25, 0.3) is 0 Å². The zero-order valence-corrected chi connectivity index (χ0v) is 13.1. The maximum Gasteiger partial charge on any atom is 0.302 e. The highest BCUT2D eigenvalue weighted by Gasteiger charge is 2.53. The second-order valence-electron chi connectivity index (χ2n) is 7.10. The summed E-state index contributed by atoms with van der Waals surface area (Å²) < 4.78 is 5.62.